The molecule has 2 fully saturated rings. The molecule has 5 nitrogen and oxygen atoms in total. The van der Waals surface area contributed by atoms with Crippen molar-refractivity contribution in [3.8, 4) is 0 Å². The molecule has 1 aromatic rings. The Kier molecular flexibility index (Phi) is 3.42. The van der Waals surface area contributed by atoms with Gasteiger partial charge in [-0.05, 0) is 37.0 Å². The number of urea groups is 1. The van der Waals surface area contributed by atoms with E-state index in [0.29, 0.717) is 29.3 Å². The van der Waals surface area contributed by atoms with Gasteiger partial charge in [0.25, 0.3) is 0 Å². The lowest BCUT2D eigenvalue weighted by atomic mass is 10.0. The molecule has 1 aromatic carbocycles. The Hall–Kier alpha value is -1.59. The Morgan fingerprint density at radius 2 is 1.90 bits per heavy atom. The number of nitrogens with one attached hydrogen (secondary N) is 1. The highest BCUT2D eigenvalue weighted by molar-refractivity contribution is 6.35. The van der Waals surface area contributed by atoms with Crippen molar-refractivity contribution in [1.29, 1.82) is 0 Å². The smallest absolute Gasteiger partial charge is 0.277 e. The van der Waals surface area contributed by atoms with Gasteiger partial charge in [-0.15, -0.1) is 0 Å². The number of benzene rings is 1. The van der Waals surface area contributed by atoms with Gasteiger partial charge in [0.1, 0.15) is 5.41 Å². The van der Waals surface area contributed by atoms with Crippen molar-refractivity contribution in [3.05, 3.63) is 33.8 Å². The van der Waals surface area contributed by atoms with Crippen LogP contribution in [0.5, 0.6) is 0 Å². The highest BCUT2D eigenvalue weighted by Gasteiger charge is 2.61. The molecule has 0 aromatic heterocycles. The van der Waals surface area contributed by atoms with Crippen LogP contribution in [0.25, 0.3) is 0 Å². The zero-order valence-corrected chi connectivity index (χ0v) is 12.5. The van der Waals surface area contributed by atoms with Crippen LogP contribution in [0.15, 0.2) is 18.2 Å². The van der Waals surface area contributed by atoms with Gasteiger partial charge < -0.3 is 0 Å². The van der Waals surface area contributed by atoms with E-state index in [1.807, 2.05) is 0 Å². The molecule has 0 radical (unpaired) electrons. The number of barbiturate groups is 1. The summed E-state index contributed by atoms with van der Waals surface area (Å²) in [6, 6.07) is 4.41. The fraction of sp³-hybridized carbons (Fsp3) is 0.357. The summed E-state index contributed by atoms with van der Waals surface area (Å²) in [7, 11) is 0. The minimum absolute atomic E-state index is 0.182. The summed E-state index contributed by atoms with van der Waals surface area (Å²) in [5.74, 6) is -0.875. The number of carbonyl (C=O) groups excluding carboxylic acids is 3. The molecular formula is C14H12Cl2N2O3. The van der Waals surface area contributed by atoms with Crippen molar-refractivity contribution >= 4 is 41.0 Å². The van der Waals surface area contributed by atoms with Crippen LogP contribution in [0.2, 0.25) is 10.0 Å². The summed E-state index contributed by atoms with van der Waals surface area (Å²) in [6.07, 6.45) is 1.42. The van der Waals surface area contributed by atoms with Crippen LogP contribution >= 0.6 is 23.2 Å². The number of amides is 4. The molecule has 1 saturated heterocycles. The van der Waals surface area contributed by atoms with E-state index in [-0.39, 0.29) is 6.54 Å². The van der Waals surface area contributed by atoms with E-state index in [9.17, 15) is 14.4 Å². The molecule has 1 saturated carbocycles. The molecule has 3 rings (SSSR count). The monoisotopic (exact) mass is 326 g/mol. The zero-order valence-electron chi connectivity index (χ0n) is 11.0. The number of rotatable bonds is 3. The molecule has 2 aliphatic rings. The van der Waals surface area contributed by atoms with Gasteiger partial charge in [-0.2, -0.15) is 0 Å². The van der Waals surface area contributed by atoms with E-state index >= 15 is 0 Å². The molecular weight excluding hydrogens is 315 g/mol. The maximum atomic E-state index is 12.3. The number of nitrogens with zero attached hydrogens (tertiary/aromatic N) is 1. The fourth-order valence-corrected chi connectivity index (χ4v) is 2.96. The fourth-order valence-electron chi connectivity index (χ4n) is 2.46. The second-order valence-corrected chi connectivity index (χ2v) is 6.13. The van der Waals surface area contributed by atoms with Crippen LogP contribution in [0.1, 0.15) is 18.4 Å². The Labute approximate surface area is 131 Å². The van der Waals surface area contributed by atoms with Gasteiger partial charge in [-0.3, -0.25) is 19.8 Å². The third-order valence-corrected chi connectivity index (χ3v) is 4.51. The standard InChI is InChI=1S/C14H12Cl2N2O3/c15-9-2-1-8(10(16)7-9)3-6-18-12(20)14(4-5-14)11(19)17-13(18)21/h1-2,7H,3-6H2,(H,17,19,21). The number of imide groups is 2. The van der Waals surface area contributed by atoms with E-state index in [1.54, 1.807) is 18.2 Å². The molecule has 1 N–H and O–H groups in total. The minimum Gasteiger partial charge on any atom is -0.277 e. The zero-order chi connectivity index (χ0) is 15.2. The van der Waals surface area contributed by atoms with Crippen LogP contribution in [-0.4, -0.2) is 29.3 Å². The Balaban J connectivity index is 1.74. The summed E-state index contributed by atoms with van der Waals surface area (Å²) in [5.41, 5.74) is -0.207. The molecule has 1 spiro atoms. The molecule has 0 unspecified atom stereocenters. The molecule has 110 valence electrons. The van der Waals surface area contributed by atoms with E-state index in [4.69, 9.17) is 23.2 Å². The number of halogens is 2. The Morgan fingerprint density at radius 1 is 1.19 bits per heavy atom. The predicted molar refractivity (Wildman–Crippen MR) is 77.1 cm³/mol. The maximum Gasteiger partial charge on any atom is 0.330 e. The summed E-state index contributed by atoms with van der Waals surface area (Å²) in [5, 5.41) is 3.26. The quantitative estimate of drug-likeness (QED) is 0.867. The van der Waals surface area contributed by atoms with E-state index in [0.717, 1.165) is 10.5 Å². The molecule has 21 heavy (non-hydrogen) atoms. The van der Waals surface area contributed by atoms with Gasteiger partial charge in [-0.1, -0.05) is 29.3 Å². The highest BCUT2D eigenvalue weighted by atomic mass is 35.5. The first kappa shape index (κ1) is 14.4. The largest absolute Gasteiger partial charge is 0.330 e. The van der Waals surface area contributed by atoms with Crippen LogP contribution in [0, 0.1) is 5.41 Å². The van der Waals surface area contributed by atoms with Crippen molar-refractivity contribution in [2.75, 3.05) is 6.54 Å². The van der Waals surface area contributed by atoms with E-state index in [1.165, 1.54) is 0 Å². The third kappa shape index (κ3) is 2.40. The molecule has 1 heterocycles. The Morgan fingerprint density at radius 3 is 2.52 bits per heavy atom. The SMILES string of the molecule is O=C1NC(=O)C2(CC2)C(=O)N1CCc1ccc(Cl)cc1Cl. The van der Waals surface area contributed by atoms with Gasteiger partial charge in [0.05, 0.1) is 0 Å². The summed E-state index contributed by atoms with van der Waals surface area (Å²) in [4.78, 5) is 36.9. The average molecular weight is 327 g/mol. The highest BCUT2D eigenvalue weighted by Crippen LogP contribution is 2.48. The van der Waals surface area contributed by atoms with Crippen molar-refractivity contribution in [2.24, 2.45) is 5.41 Å². The van der Waals surface area contributed by atoms with Crippen LogP contribution < -0.4 is 5.32 Å². The molecule has 0 atom stereocenters. The lowest BCUT2D eigenvalue weighted by molar-refractivity contribution is -0.144. The van der Waals surface area contributed by atoms with Gasteiger partial charge in [0.2, 0.25) is 11.8 Å². The van der Waals surface area contributed by atoms with E-state index in [2.05, 4.69) is 5.32 Å². The molecule has 1 aliphatic carbocycles. The first-order valence-electron chi connectivity index (χ1n) is 6.55. The molecule has 1 aliphatic heterocycles. The topological polar surface area (TPSA) is 66.5 Å². The summed E-state index contributed by atoms with van der Waals surface area (Å²) >= 11 is 11.9. The number of carbonyl (C=O) groups is 3. The van der Waals surface area contributed by atoms with Crippen molar-refractivity contribution in [2.45, 2.75) is 19.3 Å². The van der Waals surface area contributed by atoms with Crippen molar-refractivity contribution in [1.82, 2.24) is 10.2 Å². The number of hydrogen-bond donors (Lipinski definition) is 1. The first-order chi connectivity index (χ1) is 9.94. The normalized spacial score (nSPS) is 19.9. The van der Waals surface area contributed by atoms with Crippen LogP contribution in [0.4, 0.5) is 4.79 Å². The maximum absolute atomic E-state index is 12.3. The summed E-state index contributed by atoms with van der Waals surface area (Å²) in [6.45, 7) is 0.182. The van der Waals surface area contributed by atoms with Crippen LogP contribution in [-0.2, 0) is 16.0 Å². The molecule has 0 bridgehead atoms. The van der Waals surface area contributed by atoms with Gasteiger partial charge >= 0.3 is 6.03 Å². The molecule has 4 amide bonds. The van der Waals surface area contributed by atoms with Gasteiger partial charge in [-0.25, -0.2) is 4.79 Å². The first-order valence-corrected chi connectivity index (χ1v) is 7.31. The van der Waals surface area contributed by atoms with Gasteiger partial charge in [0.15, 0.2) is 0 Å². The Bertz CT molecular complexity index is 656. The molecule has 7 heteroatoms. The second kappa shape index (κ2) is 5.00. The lowest BCUT2D eigenvalue weighted by Gasteiger charge is -2.30. The predicted octanol–water partition coefficient (Wildman–Crippen LogP) is 2.39. The van der Waals surface area contributed by atoms with E-state index < -0.39 is 23.3 Å². The second-order valence-electron chi connectivity index (χ2n) is 5.28. The minimum atomic E-state index is -1.00. The van der Waals surface area contributed by atoms with Crippen LogP contribution in [0.3, 0.4) is 0 Å². The number of hydrogen-bond acceptors (Lipinski definition) is 3. The third-order valence-electron chi connectivity index (χ3n) is 3.92. The average Bonchev–Trinajstić information content (AvgIpc) is 3.20. The van der Waals surface area contributed by atoms with Crippen molar-refractivity contribution < 1.29 is 14.4 Å². The summed E-state index contributed by atoms with van der Waals surface area (Å²) < 4.78 is 0. The van der Waals surface area contributed by atoms with Crippen molar-refractivity contribution in [3.63, 3.8) is 0 Å². The lowest BCUT2D eigenvalue weighted by Crippen LogP contribution is -2.59. The van der Waals surface area contributed by atoms with Gasteiger partial charge in [0, 0.05) is 16.6 Å².